The lowest BCUT2D eigenvalue weighted by Gasteiger charge is -2.17. The highest BCUT2D eigenvalue weighted by Crippen LogP contribution is 2.12. The van der Waals surface area contributed by atoms with Gasteiger partial charge in [-0.25, -0.2) is 4.79 Å². The summed E-state index contributed by atoms with van der Waals surface area (Å²) in [6.07, 6.45) is 0. The van der Waals surface area contributed by atoms with Crippen LogP contribution in [0.2, 0.25) is 0 Å². The van der Waals surface area contributed by atoms with Gasteiger partial charge in [-0.1, -0.05) is 18.2 Å². The van der Waals surface area contributed by atoms with E-state index in [4.69, 9.17) is 11.6 Å². The Hall–Kier alpha value is -1.64. The molecule has 0 aliphatic carbocycles. The van der Waals surface area contributed by atoms with Gasteiger partial charge in [0.1, 0.15) is 0 Å². The zero-order valence-electron chi connectivity index (χ0n) is 7.62. The first-order valence-electron chi connectivity index (χ1n) is 3.86. The molecule has 82 valence electrons. The molecule has 0 spiro atoms. The summed E-state index contributed by atoms with van der Waals surface area (Å²) in [5.74, 6) is 4.89. The van der Waals surface area contributed by atoms with Gasteiger partial charge < -0.3 is 5.73 Å². The molecule has 7 nitrogen and oxygen atoms in total. The monoisotopic (exact) mass is 230 g/mol. The number of urea groups is 1. The minimum absolute atomic E-state index is 0.0817. The molecule has 0 atom stereocenters. The van der Waals surface area contributed by atoms with Crippen molar-refractivity contribution < 1.29 is 13.2 Å². The second kappa shape index (κ2) is 4.26. The zero-order chi connectivity index (χ0) is 11.5. The van der Waals surface area contributed by atoms with Gasteiger partial charge in [0.25, 0.3) is 10.0 Å². The second-order valence-electron chi connectivity index (χ2n) is 2.55. The number of carbonyl (C=O) groups excluding carboxylic acids is 1. The standard InChI is InChI=1S/C7H10N4O3S/c8-7(12)11(10-9)15(13,14)6-4-2-1-3-5-6/h1-5,10H,9H2,(H2,8,12). The predicted octanol–water partition coefficient (Wildman–Crippen LogP) is -0.866. The summed E-state index contributed by atoms with van der Waals surface area (Å²) >= 11 is 0. The van der Waals surface area contributed by atoms with Gasteiger partial charge in [0.05, 0.1) is 4.90 Å². The van der Waals surface area contributed by atoms with Crippen LogP contribution in [0.3, 0.4) is 0 Å². The molecule has 0 saturated carbocycles. The summed E-state index contributed by atoms with van der Waals surface area (Å²) < 4.78 is 23.5. The van der Waals surface area contributed by atoms with Gasteiger partial charge >= 0.3 is 6.03 Å². The van der Waals surface area contributed by atoms with Gasteiger partial charge in [0, 0.05) is 0 Å². The Morgan fingerprint density at radius 1 is 1.27 bits per heavy atom. The van der Waals surface area contributed by atoms with E-state index in [9.17, 15) is 13.2 Å². The number of primary amides is 1. The lowest BCUT2D eigenvalue weighted by Crippen LogP contribution is -2.52. The summed E-state index contributed by atoms with van der Waals surface area (Å²) in [5.41, 5.74) is 6.55. The quantitative estimate of drug-likeness (QED) is 0.461. The van der Waals surface area contributed by atoms with Crippen LogP contribution in [0.5, 0.6) is 0 Å². The number of benzene rings is 1. The molecule has 0 saturated heterocycles. The van der Waals surface area contributed by atoms with Crippen LogP contribution in [0.15, 0.2) is 35.2 Å². The Balaban J connectivity index is 3.19. The van der Waals surface area contributed by atoms with E-state index in [2.05, 4.69) is 0 Å². The molecule has 1 aromatic rings. The third-order valence-electron chi connectivity index (χ3n) is 1.60. The first-order chi connectivity index (χ1) is 7.00. The van der Waals surface area contributed by atoms with E-state index in [1.54, 1.807) is 11.6 Å². The van der Waals surface area contributed by atoms with Crippen LogP contribution in [-0.4, -0.2) is 18.9 Å². The maximum absolute atomic E-state index is 11.7. The lowest BCUT2D eigenvalue weighted by atomic mass is 10.4. The summed E-state index contributed by atoms with van der Waals surface area (Å²) in [4.78, 5) is 10.7. The van der Waals surface area contributed by atoms with Gasteiger partial charge in [-0.15, -0.1) is 4.41 Å². The van der Waals surface area contributed by atoms with Crippen LogP contribution in [0.4, 0.5) is 4.79 Å². The summed E-state index contributed by atoms with van der Waals surface area (Å²) in [7, 11) is -4.03. The molecule has 1 rings (SSSR count). The van der Waals surface area contributed by atoms with E-state index in [-0.39, 0.29) is 9.31 Å². The van der Waals surface area contributed by atoms with Crippen LogP contribution in [0, 0.1) is 0 Å². The predicted molar refractivity (Wildman–Crippen MR) is 52.4 cm³/mol. The molecule has 0 heterocycles. The molecule has 5 N–H and O–H groups in total. The molecule has 15 heavy (non-hydrogen) atoms. The van der Waals surface area contributed by atoms with Crippen molar-refractivity contribution in [1.29, 1.82) is 0 Å². The smallest absolute Gasteiger partial charge is 0.344 e. The van der Waals surface area contributed by atoms with E-state index in [0.717, 1.165) is 0 Å². The second-order valence-corrected chi connectivity index (χ2v) is 4.34. The van der Waals surface area contributed by atoms with Crippen molar-refractivity contribution >= 4 is 16.1 Å². The summed E-state index contributed by atoms with van der Waals surface area (Å²) in [6, 6.07) is 6.11. The average molecular weight is 230 g/mol. The van der Waals surface area contributed by atoms with Gasteiger partial charge in [0.2, 0.25) is 0 Å². The zero-order valence-corrected chi connectivity index (χ0v) is 8.44. The van der Waals surface area contributed by atoms with Crippen LogP contribution in [-0.2, 0) is 10.0 Å². The van der Waals surface area contributed by atoms with Gasteiger partial charge in [-0.05, 0) is 12.1 Å². The van der Waals surface area contributed by atoms with E-state index >= 15 is 0 Å². The lowest BCUT2D eigenvalue weighted by molar-refractivity contribution is 0.219. The van der Waals surface area contributed by atoms with E-state index in [0.29, 0.717) is 0 Å². The number of nitrogens with one attached hydrogen (secondary N) is 1. The maximum Gasteiger partial charge on any atom is 0.344 e. The average Bonchev–Trinajstić information content (AvgIpc) is 2.19. The molecule has 8 heteroatoms. The largest absolute Gasteiger partial charge is 0.349 e. The van der Waals surface area contributed by atoms with Crippen molar-refractivity contribution in [3.05, 3.63) is 30.3 Å². The SMILES string of the molecule is NNN(C(N)=O)S(=O)(=O)c1ccccc1. The molecule has 2 amide bonds. The molecule has 0 bridgehead atoms. The molecule has 1 aromatic carbocycles. The van der Waals surface area contributed by atoms with Crippen LogP contribution in [0.1, 0.15) is 0 Å². The van der Waals surface area contributed by atoms with Crippen molar-refractivity contribution in [2.45, 2.75) is 4.90 Å². The number of sulfonamides is 1. The highest BCUT2D eigenvalue weighted by molar-refractivity contribution is 7.89. The third-order valence-corrected chi connectivity index (χ3v) is 3.23. The Bertz CT molecular complexity index is 445. The minimum Gasteiger partial charge on any atom is -0.349 e. The first kappa shape index (κ1) is 11.4. The Morgan fingerprint density at radius 3 is 2.20 bits per heavy atom. The maximum atomic E-state index is 11.7. The fourth-order valence-electron chi connectivity index (χ4n) is 0.949. The van der Waals surface area contributed by atoms with Gasteiger partial charge in [-0.2, -0.15) is 14.0 Å². The number of rotatable bonds is 3. The van der Waals surface area contributed by atoms with Crippen LogP contribution < -0.4 is 17.1 Å². The van der Waals surface area contributed by atoms with Crippen molar-refractivity contribution in [1.82, 2.24) is 9.95 Å². The van der Waals surface area contributed by atoms with Crippen LogP contribution in [0.25, 0.3) is 0 Å². The molecule has 0 fully saturated rings. The van der Waals surface area contributed by atoms with E-state index in [1.165, 1.54) is 24.3 Å². The van der Waals surface area contributed by atoms with E-state index in [1.807, 2.05) is 0 Å². The van der Waals surface area contributed by atoms with Crippen LogP contribution >= 0.6 is 0 Å². The molecule has 0 aliphatic rings. The highest BCUT2D eigenvalue weighted by Gasteiger charge is 2.26. The molecule has 0 radical (unpaired) electrons. The number of nitrogens with zero attached hydrogens (tertiary/aromatic N) is 1. The van der Waals surface area contributed by atoms with Crippen molar-refractivity contribution in [3.8, 4) is 0 Å². The van der Waals surface area contributed by atoms with Crippen molar-refractivity contribution in [2.75, 3.05) is 0 Å². The first-order valence-corrected chi connectivity index (χ1v) is 5.30. The number of carbonyl (C=O) groups is 1. The number of hydrogen-bond donors (Lipinski definition) is 3. The Kier molecular flexibility index (Phi) is 3.24. The fourth-order valence-corrected chi connectivity index (χ4v) is 2.04. The Morgan fingerprint density at radius 2 is 1.80 bits per heavy atom. The molecule has 0 unspecified atom stereocenters. The third kappa shape index (κ3) is 2.24. The minimum atomic E-state index is -4.03. The molecule has 0 aliphatic heterocycles. The number of nitrogens with two attached hydrogens (primary N) is 2. The molecule has 0 aromatic heterocycles. The van der Waals surface area contributed by atoms with Gasteiger partial charge in [0.15, 0.2) is 0 Å². The van der Waals surface area contributed by atoms with E-state index < -0.39 is 16.1 Å². The molecular formula is C7H10N4O3S. The van der Waals surface area contributed by atoms with Gasteiger partial charge in [-0.3, -0.25) is 5.84 Å². The van der Waals surface area contributed by atoms with Crippen molar-refractivity contribution in [2.24, 2.45) is 11.6 Å². The normalized spacial score (nSPS) is 11.0. The number of hydrogen-bond acceptors (Lipinski definition) is 5. The number of hydrazine groups is 2. The fraction of sp³-hybridized carbons (Fsp3) is 0. The number of amides is 2. The topological polar surface area (TPSA) is 119 Å². The molecular weight excluding hydrogens is 220 g/mol. The van der Waals surface area contributed by atoms with Crippen molar-refractivity contribution in [3.63, 3.8) is 0 Å². The summed E-state index contributed by atoms with van der Waals surface area (Å²) in [6.45, 7) is 0. The summed E-state index contributed by atoms with van der Waals surface area (Å²) in [5, 5.41) is 0. The Labute approximate surface area is 86.6 Å². The highest BCUT2D eigenvalue weighted by atomic mass is 32.2.